The summed E-state index contributed by atoms with van der Waals surface area (Å²) < 4.78 is 13.8. The molecule has 104 valence electrons. The van der Waals surface area contributed by atoms with E-state index in [2.05, 4.69) is 10.3 Å². The number of hydrogen-bond acceptors (Lipinski definition) is 3. The lowest BCUT2D eigenvalue weighted by atomic mass is 10.1. The van der Waals surface area contributed by atoms with Crippen molar-refractivity contribution in [1.29, 1.82) is 0 Å². The maximum absolute atomic E-state index is 13.8. The van der Waals surface area contributed by atoms with Crippen LogP contribution in [0.15, 0.2) is 24.3 Å². The maximum atomic E-state index is 13.8. The number of halogens is 1. The normalized spacial score (nSPS) is 10.4. The van der Waals surface area contributed by atoms with E-state index >= 15 is 0 Å². The van der Waals surface area contributed by atoms with Crippen LogP contribution < -0.4 is 5.32 Å². The van der Waals surface area contributed by atoms with Crippen LogP contribution in [0, 0.1) is 26.6 Å². The third kappa shape index (κ3) is 2.61. The summed E-state index contributed by atoms with van der Waals surface area (Å²) in [7, 11) is 0. The van der Waals surface area contributed by atoms with Gasteiger partial charge in [0, 0.05) is 5.69 Å². The SMILES string of the molecule is Cc1cc(C)c(C(=O)O)c(Nc2c(C)cccc2F)n1. The molecule has 1 aromatic heterocycles. The highest BCUT2D eigenvalue weighted by Crippen LogP contribution is 2.26. The fourth-order valence-electron chi connectivity index (χ4n) is 2.11. The van der Waals surface area contributed by atoms with Crippen molar-refractivity contribution >= 4 is 17.5 Å². The first-order chi connectivity index (χ1) is 9.40. The number of hydrogen-bond donors (Lipinski definition) is 2. The van der Waals surface area contributed by atoms with E-state index in [0.717, 1.165) is 0 Å². The molecule has 0 unspecified atom stereocenters. The molecular formula is C15H15FN2O2. The van der Waals surface area contributed by atoms with Gasteiger partial charge in [0.1, 0.15) is 17.2 Å². The molecule has 0 aliphatic heterocycles. The van der Waals surface area contributed by atoms with E-state index in [1.165, 1.54) is 6.07 Å². The maximum Gasteiger partial charge on any atom is 0.339 e. The van der Waals surface area contributed by atoms with E-state index in [1.807, 2.05) is 0 Å². The second-order valence-corrected chi connectivity index (χ2v) is 4.67. The Morgan fingerprint density at radius 1 is 1.25 bits per heavy atom. The van der Waals surface area contributed by atoms with Crippen molar-refractivity contribution in [3.63, 3.8) is 0 Å². The Morgan fingerprint density at radius 2 is 1.95 bits per heavy atom. The minimum absolute atomic E-state index is 0.0539. The molecule has 0 radical (unpaired) electrons. The number of nitrogens with one attached hydrogen (secondary N) is 1. The molecule has 0 bridgehead atoms. The first-order valence-electron chi connectivity index (χ1n) is 6.14. The second kappa shape index (κ2) is 5.28. The molecule has 2 aromatic rings. The molecule has 2 rings (SSSR count). The molecular weight excluding hydrogens is 259 g/mol. The van der Waals surface area contributed by atoms with Crippen LogP contribution in [-0.4, -0.2) is 16.1 Å². The van der Waals surface area contributed by atoms with Crippen molar-refractivity contribution in [2.75, 3.05) is 5.32 Å². The lowest BCUT2D eigenvalue weighted by molar-refractivity contribution is 0.0697. The van der Waals surface area contributed by atoms with E-state index in [1.54, 1.807) is 39.0 Å². The topological polar surface area (TPSA) is 62.2 Å². The number of rotatable bonds is 3. The Morgan fingerprint density at radius 3 is 2.55 bits per heavy atom. The van der Waals surface area contributed by atoms with Gasteiger partial charge in [0.15, 0.2) is 0 Å². The third-order valence-electron chi connectivity index (χ3n) is 3.02. The Hall–Kier alpha value is -2.43. The van der Waals surface area contributed by atoms with Crippen LogP contribution >= 0.6 is 0 Å². The molecule has 1 aromatic carbocycles. The molecule has 0 saturated carbocycles. The van der Waals surface area contributed by atoms with Crippen molar-refractivity contribution in [3.05, 3.63) is 52.5 Å². The quantitative estimate of drug-likeness (QED) is 0.897. The summed E-state index contributed by atoms with van der Waals surface area (Å²) in [6, 6.07) is 6.35. The summed E-state index contributed by atoms with van der Waals surface area (Å²) in [6.07, 6.45) is 0. The van der Waals surface area contributed by atoms with Crippen molar-refractivity contribution in [3.8, 4) is 0 Å². The largest absolute Gasteiger partial charge is 0.478 e. The first-order valence-corrected chi connectivity index (χ1v) is 6.14. The van der Waals surface area contributed by atoms with Gasteiger partial charge in [-0.15, -0.1) is 0 Å². The van der Waals surface area contributed by atoms with E-state index in [0.29, 0.717) is 16.8 Å². The van der Waals surface area contributed by atoms with E-state index in [9.17, 15) is 14.3 Å². The van der Waals surface area contributed by atoms with Gasteiger partial charge in [-0.2, -0.15) is 0 Å². The molecule has 0 atom stereocenters. The molecule has 0 aliphatic rings. The van der Waals surface area contributed by atoms with E-state index < -0.39 is 11.8 Å². The second-order valence-electron chi connectivity index (χ2n) is 4.67. The summed E-state index contributed by atoms with van der Waals surface area (Å²) in [5, 5.41) is 12.1. The Labute approximate surface area is 116 Å². The fraction of sp³-hybridized carbons (Fsp3) is 0.200. The van der Waals surface area contributed by atoms with Crippen LogP contribution in [0.5, 0.6) is 0 Å². The lowest BCUT2D eigenvalue weighted by Crippen LogP contribution is -2.09. The van der Waals surface area contributed by atoms with Gasteiger partial charge < -0.3 is 10.4 Å². The number of carboxylic acid groups (broad SMARTS) is 1. The van der Waals surface area contributed by atoms with Gasteiger partial charge >= 0.3 is 5.97 Å². The summed E-state index contributed by atoms with van der Waals surface area (Å²) >= 11 is 0. The van der Waals surface area contributed by atoms with Gasteiger partial charge in [-0.25, -0.2) is 14.2 Å². The van der Waals surface area contributed by atoms with Crippen LogP contribution in [0.2, 0.25) is 0 Å². The lowest BCUT2D eigenvalue weighted by Gasteiger charge is -2.14. The number of pyridine rings is 1. The highest BCUT2D eigenvalue weighted by atomic mass is 19.1. The minimum atomic E-state index is -1.09. The number of para-hydroxylation sites is 1. The van der Waals surface area contributed by atoms with E-state index in [4.69, 9.17) is 0 Å². The zero-order valence-electron chi connectivity index (χ0n) is 11.5. The molecule has 5 heteroatoms. The smallest absolute Gasteiger partial charge is 0.339 e. The number of carbonyl (C=O) groups is 1. The molecule has 0 saturated heterocycles. The van der Waals surface area contributed by atoms with Crippen LogP contribution in [0.25, 0.3) is 0 Å². The Balaban J connectivity index is 2.56. The zero-order chi connectivity index (χ0) is 14.9. The van der Waals surface area contributed by atoms with Crippen molar-refractivity contribution in [2.24, 2.45) is 0 Å². The monoisotopic (exact) mass is 274 g/mol. The van der Waals surface area contributed by atoms with Crippen molar-refractivity contribution in [1.82, 2.24) is 4.98 Å². The molecule has 1 heterocycles. The molecule has 0 amide bonds. The summed E-state index contributed by atoms with van der Waals surface area (Å²) in [6.45, 7) is 5.20. The van der Waals surface area contributed by atoms with Crippen LogP contribution in [-0.2, 0) is 0 Å². The standard InChI is InChI=1S/C15H15FN2O2/c1-8-5-4-6-11(16)13(8)18-14-12(15(19)20)9(2)7-10(3)17-14/h4-7H,1-3H3,(H,17,18)(H,19,20). The zero-order valence-corrected chi connectivity index (χ0v) is 11.5. The van der Waals surface area contributed by atoms with Crippen molar-refractivity contribution < 1.29 is 14.3 Å². The summed E-state index contributed by atoms with van der Waals surface area (Å²) in [5.41, 5.74) is 2.23. The number of anilines is 2. The number of aromatic carboxylic acids is 1. The van der Waals surface area contributed by atoms with Crippen molar-refractivity contribution in [2.45, 2.75) is 20.8 Å². The number of carboxylic acids is 1. The molecule has 20 heavy (non-hydrogen) atoms. The predicted molar refractivity (Wildman–Crippen MR) is 75.1 cm³/mol. The Kier molecular flexibility index (Phi) is 3.70. The van der Waals surface area contributed by atoms with Gasteiger partial charge in [-0.3, -0.25) is 0 Å². The first kappa shape index (κ1) is 14.0. The molecule has 2 N–H and O–H groups in total. The highest BCUT2D eigenvalue weighted by molar-refractivity contribution is 5.95. The average Bonchev–Trinajstić information content (AvgIpc) is 2.32. The Bertz CT molecular complexity index is 664. The number of aromatic nitrogens is 1. The number of nitrogens with zero attached hydrogens (tertiary/aromatic N) is 1. The summed E-state index contributed by atoms with van der Waals surface area (Å²) in [5.74, 6) is -1.38. The highest BCUT2D eigenvalue weighted by Gasteiger charge is 2.17. The number of aryl methyl sites for hydroxylation is 3. The van der Waals surface area contributed by atoms with Gasteiger partial charge in [-0.05, 0) is 44.0 Å². The van der Waals surface area contributed by atoms with Gasteiger partial charge in [0.25, 0.3) is 0 Å². The third-order valence-corrected chi connectivity index (χ3v) is 3.02. The van der Waals surface area contributed by atoms with Crippen LogP contribution in [0.1, 0.15) is 27.2 Å². The predicted octanol–water partition coefficient (Wildman–Crippen LogP) is 3.59. The number of benzene rings is 1. The van der Waals surface area contributed by atoms with Crippen LogP contribution in [0.3, 0.4) is 0 Å². The minimum Gasteiger partial charge on any atom is -0.478 e. The summed E-state index contributed by atoms with van der Waals surface area (Å²) in [4.78, 5) is 15.5. The van der Waals surface area contributed by atoms with E-state index in [-0.39, 0.29) is 17.1 Å². The molecule has 4 nitrogen and oxygen atoms in total. The molecule has 0 fully saturated rings. The fourth-order valence-corrected chi connectivity index (χ4v) is 2.11. The van der Waals surface area contributed by atoms with Crippen LogP contribution in [0.4, 0.5) is 15.9 Å². The van der Waals surface area contributed by atoms with Gasteiger partial charge in [0.05, 0.1) is 5.69 Å². The van der Waals surface area contributed by atoms with Gasteiger partial charge in [0.2, 0.25) is 0 Å². The molecule has 0 spiro atoms. The molecule has 0 aliphatic carbocycles. The average molecular weight is 274 g/mol. The van der Waals surface area contributed by atoms with Gasteiger partial charge in [-0.1, -0.05) is 12.1 Å².